The Kier molecular flexibility index (Phi) is 6.90. The van der Waals surface area contributed by atoms with Gasteiger partial charge in [0.25, 0.3) is 0 Å². The van der Waals surface area contributed by atoms with Crippen LogP contribution in [0.3, 0.4) is 0 Å². The van der Waals surface area contributed by atoms with Gasteiger partial charge >= 0.3 is 0 Å². The minimum absolute atomic E-state index is 1.14. The minimum atomic E-state index is 1.14. The van der Waals surface area contributed by atoms with E-state index < -0.39 is 0 Å². The molecule has 0 radical (unpaired) electrons. The summed E-state index contributed by atoms with van der Waals surface area (Å²) in [4.78, 5) is 0. The van der Waals surface area contributed by atoms with Crippen molar-refractivity contribution in [2.45, 2.75) is 70.4 Å². The second-order valence-electron chi connectivity index (χ2n) is 4.35. The SMILES string of the molecule is CCCCCCCPC1CCCC1. The third-order valence-corrected chi connectivity index (χ3v) is 4.87. The van der Waals surface area contributed by atoms with Crippen LogP contribution in [-0.4, -0.2) is 11.8 Å². The third kappa shape index (κ3) is 5.68. The summed E-state index contributed by atoms with van der Waals surface area (Å²) in [5, 5.41) is 0. The van der Waals surface area contributed by atoms with Crippen LogP contribution in [-0.2, 0) is 0 Å². The van der Waals surface area contributed by atoms with Crippen LogP contribution in [0.1, 0.15) is 64.7 Å². The average Bonchev–Trinajstić information content (AvgIpc) is 2.63. The molecule has 1 saturated carbocycles. The van der Waals surface area contributed by atoms with Crippen LogP contribution in [0.4, 0.5) is 0 Å². The van der Waals surface area contributed by atoms with Gasteiger partial charge < -0.3 is 0 Å². The fourth-order valence-corrected chi connectivity index (χ4v) is 3.84. The predicted molar refractivity (Wildman–Crippen MR) is 64.2 cm³/mol. The van der Waals surface area contributed by atoms with E-state index in [2.05, 4.69) is 6.92 Å². The molecule has 78 valence electrons. The summed E-state index contributed by atoms with van der Waals surface area (Å²) in [6.07, 6.45) is 15.0. The first-order valence-electron chi connectivity index (χ1n) is 6.17. The highest BCUT2D eigenvalue weighted by Crippen LogP contribution is 2.34. The summed E-state index contributed by atoms with van der Waals surface area (Å²) in [5.41, 5.74) is 1.14. The van der Waals surface area contributed by atoms with E-state index in [1.165, 1.54) is 59.7 Å². The molecule has 0 aliphatic heterocycles. The van der Waals surface area contributed by atoms with Crippen LogP contribution in [0.2, 0.25) is 0 Å². The molecule has 1 aliphatic rings. The normalized spacial score (nSPS) is 19.2. The molecule has 0 amide bonds. The van der Waals surface area contributed by atoms with Gasteiger partial charge in [-0.15, -0.1) is 8.58 Å². The van der Waals surface area contributed by atoms with Gasteiger partial charge in [-0.05, 0) is 31.1 Å². The molecule has 0 heterocycles. The Labute approximate surface area is 85.7 Å². The van der Waals surface area contributed by atoms with Crippen LogP contribution < -0.4 is 0 Å². The Morgan fingerprint density at radius 2 is 1.69 bits per heavy atom. The van der Waals surface area contributed by atoms with Crippen molar-refractivity contribution in [3.63, 3.8) is 0 Å². The van der Waals surface area contributed by atoms with Crippen LogP contribution in [0.25, 0.3) is 0 Å². The lowest BCUT2D eigenvalue weighted by molar-refractivity contribution is 0.658. The van der Waals surface area contributed by atoms with Crippen molar-refractivity contribution < 1.29 is 0 Å². The number of hydrogen-bond acceptors (Lipinski definition) is 0. The fourth-order valence-electron chi connectivity index (χ4n) is 2.16. The van der Waals surface area contributed by atoms with Crippen molar-refractivity contribution >= 4 is 8.58 Å². The molecule has 0 saturated heterocycles. The summed E-state index contributed by atoms with van der Waals surface area (Å²) < 4.78 is 0. The summed E-state index contributed by atoms with van der Waals surface area (Å²) >= 11 is 0. The topological polar surface area (TPSA) is 0 Å². The molecule has 0 nitrogen and oxygen atoms in total. The van der Waals surface area contributed by atoms with Crippen LogP contribution in [0.5, 0.6) is 0 Å². The molecule has 1 rings (SSSR count). The van der Waals surface area contributed by atoms with Crippen molar-refractivity contribution in [2.24, 2.45) is 0 Å². The quantitative estimate of drug-likeness (QED) is 0.417. The molecule has 0 aromatic rings. The molecular weight excluding hydrogens is 175 g/mol. The maximum absolute atomic E-state index is 2.29. The van der Waals surface area contributed by atoms with Gasteiger partial charge in [-0.3, -0.25) is 0 Å². The van der Waals surface area contributed by atoms with Crippen LogP contribution in [0, 0.1) is 0 Å². The van der Waals surface area contributed by atoms with E-state index in [0.717, 1.165) is 5.66 Å². The number of hydrogen-bond donors (Lipinski definition) is 0. The largest absolute Gasteiger partial charge is 0.119 e. The van der Waals surface area contributed by atoms with Crippen molar-refractivity contribution in [1.29, 1.82) is 0 Å². The highest BCUT2D eigenvalue weighted by Gasteiger charge is 2.13. The highest BCUT2D eigenvalue weighted by atomic mass is 31.1. The van der Waals surface area contributed by atoms with E-state index in [4.69, 9.17) is 0 Å². The average molecular weight is 200 g/mol. The van der Waals surface area contributed by atoms with E-state index in [0.29, 0.717) is 0 Å². The summed E-state index contributed by atoms with van der Waals surface area (Å²) in [6, 6.07) is 0. The first kappa shape index (κ1) is 11.5. The zero-order valence-corrected chi connectivity index (χ0v) is 10.1. The van der Waals surface area contributed by atoms with Gasteiger partial charge in [-0.25, -0.2) is 0 Å². The second kappa shape index (κ2) is 7.80. The first-order valence-corrected chi connectivity index (χ1v) is 7.45. The van der Waals surface area contributed by atoms with E-state index in [1.54, 1.807) is 12.8 Å². The molecule has 1 atom stereocenters. The first-order chi connectivity index (χ1) is 6.43. The van der Waals surface area contributed by atoms with E-state index in [9.17, 15) is 0 Å². The molecule has 1 fully saturated rings. The Morgan fingerprint density at radius 3 is 2.38 bits per heavy atom. The molecule has 1 unspecified atom stereocenters. The summed E-state index contributed by atoms with van der Waals surface area (Å²) in [6.45, 7) is 2.29. The molecule has 0 N–H and O–H groups in total. The fraction of sp³-hybridized carbons (Fsp3) is 1.00. The Morgan fingerprint density at radius 1 is 1.00 bits per heavy atom. The van der Waals surface area contributed by atoms with Crippen molar-refractivity contribution in [2.75, 3.05) is 6.16 Å². The van der Waals surface area contributed by atoms with Gasteiger partial charge in [0.1, 0.15) is 0 Å². The predicted octanol–water partition coefficient (Wildman–Crippen LogP) is 4.58. The van der Waals surface area contributed by atoms with E-state index >= 15 is 0 Å². The van der Waals surface area contributed by atoms with Crippen LogP contribution in [0.15, 0.2) is 0 Å². The smallest absolute Gasteiger partial charge is 0.0237 e. The highest BCUT2D eigenvalue weighted by molar-refractivity contribution is 7.38. The van der Waals surface area contributed by atoms with Gasteiger partial charge in [-0.2, -0.15) is 0 Å². The second-order valence-corrected chi connectivity index (χ2v) is 6.07. The molecule has 13 heavy (non-hydrogen) atoms. The molecule has 0 aromatic carbocycles. The van der Waals surface area contributed by atoms with Crippen molar-refractivity contribution in [3.05, 3.63) is 0 Å². The maximum Gasteiger partial charge on any atom is -0.0237 e. The Hall–Kier alpha value is 0.430. The number of rotatable bonds is 7. The summed E-state index contributed by atoms with van der Waals surface area (Å²) in [7, 11) is 1.30. The summed E-state index contributed by atoms with van der Waals surface area (Å²) in [5.74, 6) is 0. The van der Waals surface area contributed by atoms with Gasteiger partial charge in [0.15, 0.2) is 0 Å². The Balaban J connectivity index is 1.78. The van der Waals surface area contributed by atoms with Crippen molar-refractivity contribution in [1.82, 2.24) is 0 Å². The van der Waals surface area contributed by atoms with Crippen LogP contribution >= 0.6 is 8.58 Å². The lowest BCUT2D eigenvalue weighted by atomic mass is 10.2. The monoisotopic (exact) mass is 200 g/mol. The van der Waals surface area contributed by atoms with E-state index in [-0.39, 0.29) is 0 Å². The molecule has 1 aliphatic carbocycles. The van der Waals surface area contributed by atoms with Crippen molar-refractivity contribution in [3.8, 4) is 0 Å². The maximum atomic E-state index is 2.29. The molecule has 0 aromatic heterocycles. The van der Waals surface area contributed by atoms with Gasteiger partial charge in [0.2, 0.25) is 0 Å². The lowest BCUT2D eigenvalue weighted by Gasteiger charge is -2.08. The molecule has 1 heteroatoms. The standard InChI is InChI=1S/C12H25P/c1-2-3-4-5-8-11-13-12-9-6-7-10-12/h12-13H,2-11H2,1H3. The van der Waals surface area contributed by atoms with E-state index in [1.807, 2.05) is 0 Å². The number of unbranched alkanes of at least 4 members (excludes halogenated alkanes) is 4. The Bertz CT molecular complexity index is 106. The zero-order chi connectivity index (χ0) is 9.36. The third-order valence-electron chi connectivity index (χ3n) is 3.07. The lowest BCUT2D eigenvalue weighted by Crippen LogP contribution is -1.92. The van der Waals surface area contributed by atoms with Gasteiger partial charge in [-0.1, -0.05) is 45.4 Å². The molecule has 0 spiro atoms. The zero-order valence-electron chi connectivity index (χ0n) is 9.15. The van der Waals surface area contributed by atoms with Gasteiger partial charge in [0, 0.05) is 0 Å². The molecule has 0 bridgehead atoms. The van der Waals surface area contributed by atoms with Gasteiger partial charge in [0.05, 0.1) is 0 Å². The molecular formula is C12H25P. The minimum Gasteiger partial charge on any atom is -0.119 e.